The zero-order valence-corrected chi connectivity index (χ0v) is 11.1. The van der Waals surface area contributed by atoms with Crippen molar-refractivity contribution in [1.29, 1.82) is 0 Å². The Kier molecular flexibility index (Phi) is 3.88. The molecule has 2 rings (SSSR count). The maximum absolute atomic E-state index is 10.5. The predicted molar refractivity (Wildman–Crippen MR) is 67.2 cm³/mol. The van der Waals surface area contributed by atoms with Gasteiger partial charge in [-0.2, -0.15) is 0 Å². The lowest BCUT2D eigenvalue weighted by molar-refractivity contribution is -0.0709. The lowest BCUT2D eigenvalue weighted by atomic mass is 9.87. The highest BCUT2D eigenvalue weighted by molar-refractivity contribution is 6.42. The number of aliphatic hydroxyl groups is 3. The third-order valence-electron chi connectivity index (χ3n) is 3.03. The molecule has 1 saturated heterocycles. The van der Waals surface area contributed by atoms with Crippen LogP contribution in [0.25, 0.3) is 0 Å². The van der Waals surface area contributed by atoms with Crippen LogP contribution in [0.2, 0.25) is 10.0 Å². The number of aliphatic hydroxyl groups excluding tert-OH is 2. The first-order chi connectivity index (χ1) is 8.38. The van der Waals surface area contributed by atoms with Gasteiger partial charge in [-0.15, -0.1) is 0 Å². The normalized spacial score (nSPS) is 33.7. The number of ether oxygens (including phenoxy) is 1. The van der Waals surface area contributed by atoms with E-state index < -0.39 is 23.9 Å². The first kappa shape index (κ1) is 14.1. The molecule has 0 saturated carbocycles. The highest BCUT2D eigenvalue weighted by atomic mass is 35.5. The predicted octanol–water partition coefficient (Wildman–Crippen LogP) is 1.48. The van der Waals surface area contributed by atoms with Crippen molar-refractivity contribution in [2.75, 3.05) is 0 Å². The Balaban J connectivity index is 2.41. The van der Waals surface area contributed by atoms with Crippen molar-refractivity contribution in [3.8, 4) is 0 Å². The Hall–Kier alpha value is -0.360. The molecule has 99 valence electrons. The third kappa shape index (κ3) is 2.13. The van der Waals surface area contributed by atoms with Gasteiger partial charge in [-0.3, -0.25) is 0 Å². The molecule has 4 atom stereocenters. The topological polar surface area (TPSA) is 69.9 Å². The van der Waals surface area contributed by atoms with Gasteiger partial charge in [0.05, 0.1) is 16.1 Å². The van der Waals surface area contributed by atoms with Gasteiger partial charge in [0, 0.05) is 5.56 Å². The largest absolute Gasteiger partial charge is 0.391 e. The number of hydrogen-bond acceptors (Lipinski definition) is 4. The molecule has 1 aliphatic heterocycles. The Bertz CT molecular complexity index is 452. The summed E-state index contributed by atoms with van der Waals surface area (Å²) in [5.74, 6) is 0. The van der Waals surface area contributed by atoms with Crippen molar-refractivity contribution >= 4 is 23.2 Å². The van der Waals surface area contributed by atoms with Gasteiger partial charge in [0.1, 0.15) is 24.4 Å². The average Bonchev–Trinajstić information content (AvgIpc) is 2.61. The fourth-order valence-electron chi connectivity index (χ4n) is 1.99. The van der Waals surface area contributed by atoms with Crippen LogP contribution >= 0.6 is 23.2 Å². The van der Waals surface area contributed by atoms with E-state index in [-0.39, 0.29) is 15.6 Å². The van der Waals surface area contributed by atoms with E-state index in [4.69, 9.17) is 27.9 Å². The van der Waals surface area contributed by atoms with Gasteiger partial charge in [-0.05, 0) is 13.0 Å². The zero-order chi connectivity index (χ0) is 13.5. The number of benzene rings is 1. The standard InChI is InChI=1S/C12H13Cl2O4/c1-6(15)10-11(16)12(17,5-18-10)7-3-2-4-8(13)9(7)14/h2-6,10-11,15-17H,1H3/t6?,10-,11-,12-/m1/s1. The fourth-order valence-corrected chi connectivity index (χ4v) is 2.44. The fraction of sp³-hybridized carbons (Fsp3) is 0.417. The molecule has 1 unspecified atom stereocenters. The Morgan fingerprint density at radius 1 is 1.39 bits per heavy atom. The molecule has 6 heteroatoms. The van der Waals surface area contributed by atoms with Crippen LogP contribution in [0.4, 0.5) is 0 Å². The van der Waals surface area contributed by atoms with Crippen molar-refractivity contribution in [2.45, 2.75) is 30.8 Å². The van der Waals surface area contributed by atoms with Gasteiger partial charge < -0.3 is 20.1 Å². The molecule has 0 amide bonds. The third-order valence-corrected chi connectivity index (χ3v) is 3.84. The lowest BCUT2D eigenvalue weighted by Crippen LogP contribution is -2.43. The van der Waals surface area contributed by atoms with Crippen LogP contribution in [0, 0.1) is 6.61 Å². The van der Waals surface area contributed by atoms with Crippen molar-refractivity contribution in [3.63, 3.8) is 0 Å². The second-order valence-electron chi connectivity index (χ2n) is 4.33. The van der Waals surface area contributed by atoms with E-state index >= 15 is 0 Å². The quantitative estimate of drug-likeness (QED) is 0.772. The van der Waals surface area contributed by atoms with Crippen LogP contribution in [0.3, 0.4) is 0 Å². The van der Waals surface area contributed by atoms with Crippen LogP contribution in [0.1, 0.15) is 12.5 Å². The van der Waals surface area contributed by atoms with Crippen molar-refractivity contribution in [2.24, 2.45) is 0 Å². The molecule has 1 heterocycles. The molecule has 0 aliphatic carbocycles. The summed E-state index contributed by atoms with van der Waals surface area (Å²) in [5.41, 5.74) is -1.55. The summed E-state index contributed by atoms with van der Waals surface area (Å²) in [7, 11) is 0. The first-order valence-electron chi connectivity index (χ1n) is 5.40. The highest BCUT2D eigenvalue weighted by Gasteiger charge is 2.52. The monoisotopic (exact) mass is 291 g/mol. The average molecular weight is 292 g/mol. The van der Waals surface area contributed by atoms with Crippen LogP contribution in [0.5, 0.6) is 0 Å². The van der Waals surface area contributed by atoms with Crippen LogP contribution in [-0.2, 0) is 10.3 Å². The molecule has 0 spiro atoms. The van der Waals surface area contributed by atoms with Gasteiger partial charge in [0.15, 0.2) is 0 Å². The molecular weight excluding hydrogens is 279 g/mol. The molecule has 0 bridgehead atoms. The summed E-state index contributed by atoms with van der Waals surface area (Å²) >= 11 is 11.9. The minimum absolute atomic E-state index is 0.145. The second-order valence-corrected chi connectivity index (χ2v) is 5.12. The molecule has 3 N–H and O–H groups in total. The van der Waals surface area contributed by atoms with Gasteiger partial charge in [-0.25, -0.2) is 0 Å². The molecular formula is C12H13Cl2O4. The minimum Gasteiger partial charge on any atom is -0.391 e. The first-order valence-corrected chi connectivity index (χ1v) is 6.16. The summed E-state index contributed by atoms with van der Waals surface area (Å²) in [6.07, 6.45) is -3.17. The van der Waals surface area contributed by atoms with E-state index in [0.29, 0.717) is 0 Å². The van der Waals surface area contributed by atoms with E-state index in [9.17, 15) is 15.3 Å². The summed E-state index contributed by atoms with van der Waals surface area (Å²) in [6, 6.07) is 4.73. The Labute approximate surface area is 115 Å². The summed E-state index contributed by atoms with van der Waals surface area (Å²) in [6.45, 7) is 2.54. The van der Waals surface area contributed by atoms with Crippen molar-refractivity contribution < 1.29 is 20.1 Å². The molecule has 18 heavy (non-hydrogen) atoms. The van der Waals surface area contributed by atoms with E-state index in [1.165, 1.54) is 6.92 Å². The van der Waals surface area contributed by atoms with Crippen LogP contribution in [-0.4, -0.2) is 33.6 Å². The number of halogens is 2. The summed E-state index contributed by atoms with van der Waals surface area (Å²) in [5, 5.41) is 30.4. The highest BCUT2D eigenvalue weighted by Crippen LogP contribution is 2.43. The second kappa shape index (κ2) is 4.96. The molecule has 1 fully saturated rings. The van der Waals surface area contributed by atoms with E-state index in [2.05, 4.69) is 0 Å². The molecule has 1 radical (unpaired) electrons. The van der Waals surface area contributed by atoms with Crippen molar-refractivity contribution in [1.82, 2.24) is 0 Å². The smallest absolute Gasteiger partial charge is 0.148 e. The number of rotatable bonds is 2. The maximum atomic E-state index is 10.5. The van der Waals surface area contributed by atoms with Gasteiger partial charge in [0.25, 0.3) is 0 Å². The van der Waals surface area contributed by atoms with Gasteiger partial charge in [-0.1, -0.05) is 35.3 Å². The van der Waals surface area contributed by atoms with E-state index in [1.54, 1.807) is 18.2 Å². The van der Waals surface area contributed by atoms with E-state index in [0.717, 1.165) is 6.61 Å². The van der Waals surface area contributed by atoms with Gasteiger partial charge in [0.2, 0.25) is 0 Å². The molecule has 1 aromatic carbocycles. The molecule has 1 aromatic rings. The lowest BCUT2D eigenvalue weighted by Gasteiger charge is -2.28. The maximum Gasteiger partial charge on any atom is 0.148 e. The van der Waals surface area contributed by atoms with Crippen LogP contribution < -0.4 is 0 Å². The SMILES string of the molecule is CC(O)[C@H]1O[CH][C@@](O)(c2cccc(Cl)c2Cl)[C@@H]1O. The zero-order valence-electron chi connectivity index (χ0n) is 9.55. The Morgan fingerprint density at radius 3 is 2.61 bits per heavy atom. The van der Waals surface area contributed by atoms with Gasteiger partial charge >= 0.3 is 0 Å². The summed E-state index contributed by atoms with van der Waals surface area (Å²) in [4.78, 5) is 0. The van der Waals surface area contributed by atoms with Crippen LogP contribution in [0.15, 0.2) is 18.2 Å². The van der Waals surface area contributed by atoms with E-state index in [1.807, 2.05) is 0 Å². The molecule has 1 aliphatic rings. The van der Waals surface area contributed by atoms with Crippen molar-refractivity contribution in [3.05, 3.63) is 40.4 Å². The Morgan fingerprint density at radius 2 is 2.06 bits per heavy atom. The summed E-state index contributed by atoms with van der Waals surface area (Å²) < 4.78 is 5.11. The number of hydrogen-bond donors (Lipinski definition) is 3. The molecule has 0 aromatic heterocycles. The molecule has 4 nitrogen and oxygen atoms in total. The minimum atomic E-state index is -1.79.